The van der Waals surface area contributed by atoms with Gasteiger partial charge in [0.1, 0.15) is 11.3 Å². The summed E-state index contributed by atoms with van der Waals surface area (Å²) in [4.78, 5) is 15.2. The zero-order valence-electron chi connectivity index (χ0n) is 22.0. The minimum absolute atomic E-state index is 0.0676. The van der Waals surface area contributed by atoms with Crippen LogP contribution < -0.4 is 0 Å². The summed E-state index contributed by atoms with van der Waals surface area (Å²) < 4.78 is 12.9. The molecule has 1 fully saturated rings. The van der Waals surface area contributed by atoms with Crippen LogP contribution in [-0.4, -0.2) is 37.1 Å². The first-order chi connectivity index (χ1) is 19.1. The summed E-state index contributed by atoms with van der Waals surface area (Å²) in [6.45, 7) is 4.65. The van der Waals surface area contributed by atoms with Crippen LogP contribution >= 0.6 is 22.6 Å². The lowest BCUT2D eigenvalue weighted by Crippen LogP contribution is -2.41. The van der Waals surface area contributed by atoms with Gasteiger partial charge in [0.05, 0.1) is 13.2 Å². The number of halogens is 1. The molecule has 5 heteroatoms. The highest BCUT2D eigenvalue weighted by Crippen LogP contribution is 2.34. The maximum absolute atomic E-state index is 13.3. The van der Waals surface area contributed by atoms with Crippen molar-refractivity contribution in [2.45, 2.75) is 19.8 Å². The van der Waals surface area contributed by atoms with E-state index in [1.54, 1.807) is 0 Å². The molecule has 39 heavy (non-hydrogen) atoms. The summed E-state index contributed by atoms with van der Waals surface area (Å²) in [5, 5.41) is 3.43. The average molecular weight is 628 g/mol. The van der Waals surface area contributed by atoms with E-state index in [0.717, 1.165) is 60.8 Å². The lowest BCUT2D eigenvalue weighted by atomic mass is 9.97. The third-order valence-electron chi connectivity index (χ3n) is 7.34. The molecule has 0 aliphatic carbocycles. The van der Waals surface area contributed by atoms with Crippen molar-refractivity contribution in [1.29, 1.82) is 0 Å². The Hall–Kier alpha value is -3.42. The van der Waals surface area contributed by atoms with Gasteiger partial charge in [-0.15, -0.1) is 0 Å². The van der Waals surface area contributed by atoms with Gasteiger partial charge in [0.25, 0.3) is 5.91 Å². The molecular formula is C34H30INO3. The zero-order valence-corrected chi connectivity index (χ0v) is 24.1. The SMILES string of the molecule is CCCc1cc(-c2cc3ccc4ccccc4c3o2)ccc1C=Cc1ccc(I)cc1C(=O)N1CCOCC1. The quantitative estimate of drug-likeness (QED) is 0.140. The van der Waals surface area contributed by atoms with Crippen molar-refractivity contribution in [2.24, 2.45) is 0 Å². The van der Waals surface area contributed by atoms with Crippen molar-refractivity contribution >= 4 is 62.4 Å². The number of carbonyl (C=O) groups excluding carboxylic acids is 1. The number of nitrogens with zero attached hydrogens (tertiary/aromatic N) is 1. The lowest BCUT2D eigenvalue weighted by molar-refractivity contribution is 0.0302. The number of hydrogen-bond acceptors (Lipinski definition) is 3. The maximum Gasteiger partial charge on any atom is 0.254 e. The van der Waals surface area contributed by atoms with Gasteiger partial charge in [-0.05, 0) is 75.4 Å². The molecule has 1 aromatic heterocycles. The Bertz CT molecular complexity index is 1690. The Labute approximate surface area is 242 Å². The molecule has 1 aliphatic rings. The van der Waals surface area contributed by atoms with Crippen LogP contribution in [0.15, 0.2) is 83.3 Å². The molecular weight excluding hydrogens is 597 g/mol. The van der Waals surface area contributed by atoms with Gasteiger partial charge in [-0.1, -0.05) is 80.1 Å². The fourth-order valence-electron chi connectivity index (χ4n) is 5.29. The van der Waals surface area contributed by atoms with E-state index in [1.165, 1.54) is 10.9 Å². The largest absolute Gasteiger partial charge is 0.455 e. The van der Waals surface area contributed by atoms with Gasteiger partial charge in [0.2, 0.25) is 0 Å². The molecule has 6 rings (SSSR count). The van der Waals surface area contributed by atoms with Crippen molar-refractivity contribution < 1.29 is 13.9 Å². The Kier molecular flexibility index (Phi) is 7.53. The number of rotatable bonds is 6. The van der Waals surface area contributed by atoms with Crippen LogP contribution in [0.3, 0.4) is 0 Å². The molecule has 4 aromatic carbocycles. The molecule has 0 N–H and O–H groups in total. The second-order valence-electron chi connectivity index (χ2n) is 9.95. The van der Waals surface area contributed by atoms with Crippen molar-refractivity contribution in [1.82, 2.24) is 4.90 Å². The predicted molar refractivity (Wildman–Crippen MR) is 168 cm³/mol. The highest BCUT2D eigenvalue weighted by atomic mass is 127. The normalized spacial score (nSPS) is 14.1. The molecule has 0 bridgehead atoms. The van der Waals surface area contributed by atoms with Crippen LogP contribution in [0, 0.1) is 3.57 Å². The van der Waals surface area contributed by atoms with Gasteiger partial charge in [0, 0.05) is 38.6 Å². The number of fused-ring (bicyclic) bond motifs is 3. The van der Waals surface area contributed by atoms with Gasteiger partial charge >= 0.3 is 0 Å². The van der Waals surface area contributed by atoms with Crippen molar-refractivity contribution in [3.05, 3.63) is 105 Å². The number of aryl methyl sites for hydroxylation is 1. The van der Waals surface area contributed by atoms with E-state index >= 15 is 0 Å². The van der Waals surface area contributed by atoms with Crippen molar-refractivity contribution in [3.8, 4) is 11.3 Å². The summed E-state index contributed by atoms with van der Waals surface area (Å²) in [7, 11) is 0. The molecule has 0 radical (unpaired) electrons. The number of carbonyl (C=O) groups is 1. The number of morpholine rings is 1. The van der Waals surface area contributed by atoms with E-state index in [1.807, 2.05) is 17.0 Å². The van der Waals surface area contributed by atoms with Crippen LogP contribution in [-0.2, 0) is 11.2 Å². The minimum Gasteiger partial charge on any atom is -0.455 e. The molecule has 2 heterocycles. The second kappa shape index (κ2) is 11.4. The smallest absolute Gasteiger partial charge is 0.254 e. The molecule has 0 saturated carbocycles. The molecule has 1 aliphatic heterocycles. The average Bonchev–Trinajstić information content (AvgIpc) is 3.42. The number of furan rings is 1. The highest BCUT2D eigenvalue weighted by molar-refractivity contribution is 14.1. The molecule has 196 valence electrons. The highest BCUT2D eigenvalue weighted by Gasteiger charge is 2.21. The molecule has 1 amide bonds. The van der Waals surface area contributed by atoms with E-state index in [2.05, 4.69) is 108 Å². The molecule has 0 spiro atoms. The minimum atomic E-state index is 0.0676. The molecule has 4 nitrogen and oxygen atoms in total. The standard InChI is InChI=1S/C34H30INO3/c1-2-5-26-20-27(32-21-28-13-11-24-6-3-4-7-30(24)33(28)39-32)12-9-23(26)8-10-25-14-15-29(35)22-31(25)34(37)36-16-18-38-19-17-36/h3-4,6-15,20-22H,2,5,16-19H2,1H3. The first kappa shape index (κ1) is 25.8. The Morgan fingerprint density at radius 2 is 1.67 bits per heavy atom. The van der Waals surface area contributed by atoms with Crippen molar-refractivity contribution in [3.63, 3.8) is 0 Å². The third kappa shape index (κ3) is 5.38. The number of amides is 1. The predicted octanol–water partition coefficient (Wildman–Crippen LogP) is 8.45. The fourth-order valence-corrected chi connectivity index (χ4v) is 5.78. The van der Waals surface area contributed by atoms with Crippen LogP contribution in [0.25, 0.3) is 45.2 Å². The summed E-state index contributed by atoms with van der Waals surface area (Å²) >= 11 is 2.27. The van der Waals surface area contributed by atoms with E-state index in [9.17, 15) is 4.79 Å². The summed E-state index contributed by atoms with van der Waals surface area (Å²) in [5.41, 5.74) is 6.10. The van der Waals surface area contributed by atoms with Crippen LogP contribution in [0.2, 0.25) is 0 Å². The van der Waals surface area contributed by atoms with E-state index in [4.69, 9.17) is 9.15 Å². The van der Waals surface area contributed by atoms with Crippen LogP contribution in [0.5, 0.6) is 0 Å². The Balaban J connectivity index is 1.33. The fraction of sp³-hybridized carbons (Fsp3) is 0.206. The van der Waals surface area contributed by atoms with Crippen molar-refractivity contribution in [2.75, 3.05) is 26.3 Å². The monoisotopic (exact) mass is 627 g/mol. The zero-order chi connectivity index (χ0) is 26.8. The van der Waals surface area contributed by atoms with E-state index in [-0.39, 0.29) is 5.91 Å². The number of benzene rings is 4. The van der Waals surface area contributed by atoms with Gasteiger partial charge in [-0.3, -0.25) is 4.79 Å². The molecule has 0 unspecified atom stereocenters. The summed E-state index contributed by atoms with van der Waals surface area (Å²) in [6, 6.07) is 27.4. The summed E-state index contributed by atoms with van der Waals surface area (Å²) in [5.74, 6) is 0.947. The third-order valence-corrected chi connectivity index (χ3v) is 8.01. The van der Waals surface area contributed by atoms with Crippen LogP contribution in [0.1, 0.15) is 40.4 Å². The lowest BCUT2D eigenvalue weighted by Gasteiger charge is -2.27. The van der Waals surface area contributed by atoms with Gasteiger partial charge < -0.3 is 14.1 Å². The Morgan fingerprint density at radius 1 is 0.897 bits per heavy atom. The Morgan fingerprint density at radius 3 is 2.51 bits per heavy atom. The second-order valence-corrected chi connectivity index (χ2v) is 11.2. The maximum atomic E-state index is 13.3. The molecule has 1 saturated heterocycles. The van der Waals surface area contributed by atoms with Crippen LogP contribution in [0.4, 0.5) is 0 Å². The number of hydrogen-bond donors (Lipinski definition) is 0. The van der Waals surface area contributed by atoms with Gasteiger partial charge in [-0.25, -0.2) is 0 Å². The van der Waals surface area contributed by atoms with Gasteiger partial charge in [-0.2, -0.15) is 0 Å². The first-order valence-corrected chi connectivity index (χ1v) is 14.6. The topological polar surface area (TPSA) is 42.7 Å². The van der Waals surface area contributed by atoms with Gasteiger partial charge in [0.15, 0.2) is 0 Å². The van der Waals surface area contributed by atoms with E-state index in [0.29, 0.717) is 26.3 Å². The molecule has 0 atom stereocenters. The number of ether oxygens (including phenoxy) is 1. The summed E-state index contributed by atoms with van der Waals surface area (Å²) in [6.07, 6.45) is 6.22. The van der Waals surface area contributed by atoms with E-state index < -0.39 is 0 Å². The molecule has 5 aromatic rings. The first-order valence-electron chi connectivity index (χ1n) is 13.5.